The normalized spacial score (nSPS) is 19.9. The van der Waals surface area contributed by atoms with Crippen LogP contribution >= 0.6 is 0 Å². The summed E-state index contributed by atoms with van der Waals surface area (Å²) < 4.78 is 26.7. The molecule has 20 heavy (non-hydrogen) atoms. The maximum atomic E-state index is 12.6. The molecule has 5 nitrogen and oxygen atoms in total. The van der Waals surface area contributed by atoms with Crippen molar-refractivity contribution < 1.29 is 8.42 Å². The Kier molecular flexibility index (Phi) is 4.27. The SMILES string of the molecule is CC(C)NCc1cc(S(=O)(=O)N2CCC(C)(C)C2)c[nH]1. The second kappa shape index (κ2) is 5.50. The molecular formula is C14H25N3O2S. The number of sulfonamides is 1. The Labute approximate surface area is 121 Å². The van der Waals surface area contributed by atoms with Crippen LogP contribution in [0.5, 0.6) is 0 Å². The Morgan fingerprint density at radius 1 is 1.45 bits per heavy atom. The molecule has 1 fully saturated rings. The first-order valence-corrected chi connectivity index (χ1v) is 8.55. The van der Waals surface area contributed by atoms with Gasteiger partial charge >= 0.3 is 0 Å². The predicted molar refractivity (Wildman–Crippen MR) is 79.9 cm³/mol. The number of hydrogen-bond acceptors (Lipinski definition) is 3. The summed E-state index contributed by atoms with van der Waals surface area (Å²) in [4.78, 5) is 3.41. The fourth-order valence-corrected chi connectivity index (χ4v) is 4.05. The van der Waals surface area contributed by atoms with Crippen LogP contribution in [-0.4, -0.2) is 36.8 Å². The summed E-state index contributed by atoms with van der Waals surface area (Å²) >= 11 is 0. The largest absolute Gasteiger partial charge is 0.363 e. The van der Waals surface area contributed by atoms with Crippen molar-refractivity contribution in [3.8, 4) is 0 Å². The van der Waals surface area contributed by atoms with E-state index in [1.54, 1.807) is 16.6 Å². The lowest BCUT2D eigenvalue weighted by Crippen LogP contribution is -2.30. The summed E-state index contributed by atoms with van der Waals surface area (Å²) in [6.45, 7) is 10.2. The van der Waals surface area contributed by atoms with Crippen LogP contribution in [0.15, 0.2) is 17.2 Å². The third kappa shape index (κ3) is 3.42. The Morgan fingerprint density at radius 3 is 2.70 bits per heavy atom. The van der Waals surface area contributed by atoms with Crippen molar-refractivity contribution in [1.82, 2.24) is 14.6 Å². The second-order valence-corrected chi connectivity index (χ2v) is 8.59. The Hall–Kier alpha value is -0.850. The van der Waals surface area contributed by atoms with E-state index in [4.69, 9.17) is 0 Å². The van der Waals surface area contributed by atoms with E-state index >= 15 is 0 Å². The van der Waals surface area contributed by atoms with E-state index in [1.165, 1.54) is 0 Å². The molecule has 1 aliphatic heterocycles. The van der Waals surface area contributed by atoms with Gasteiger partial charge in [0.25, 0.3) is 0 Å². The molecule has 0 aliphatic carbocycles. The minimum atomic E-state index is -3.35. The van der Waals surface area contributed by atoms with Crippen molar-refractivity contribution >= 4 is 10.0 Å². The molecule has 6 heteroatoms. The van der Waals surface area contributed by atoms with E-state index in [2.05, 4.69) is 38.0 Å². The lowest BCUT2D eigenvalue weighted by atomic mass is 9.93. The molecule has 2 N–H and O–H groups in total. The third-order valence-corrected chi connectivity index (χ3v) is 5.52. The maximum absolute atomic E-state index is 12.6. The van der Waals surface area contributed by atoms with Crippen LogP contribution in [0.3, 0.4) is 0 Å². The molecule has 0 radical (unpaired) electrons. The van der Waals surface area contributed by atoms with Gasteiger partial charge in [0.2, 0.25) is 10.0 Å². The summed E-state index contributed by atoms with van der Waals surface area (Å²) in [6, 6.07) is 2.11. The molecule has 1 aromatic rings. The van der Waals surface area contributed by atoms with Crippen molar-refractivity contribution in [3.05, 3.63) is 18.0 Å². The summed E-state index contributed by atoms with van der Waals surface area (Å²) in [5.41, 5.74) is 0.974. The highest BCUT2D eigenvalue weighted by Crippen LogP contribution is 2.32. The number of nitrogens with one attached hydrogen (secondary N) is 2. The summed E-state index contributed by atoms with van der Waals surface area (Å²) in [5.74, 6) is 0. The minimum absolute atomic E-state index is 0.0748. The van der Waals surface area contributed by atoms with E-state index in [0.717, 1.165) is 12.1 Å². The lowest BCUT2D eigenvalue weighted by molar-refractivity contribution is 0.375. The Bertz CT molecular complexity index is 561. The van der Waals surface area contributed by atoms with Crippen LogP contribution in [0.2, 0.25) is 0 Å². The van der Waals surface area contributed by atoms with E-state index < -0.39 is 10.0 Å². The van der Waals surface area contributed by atoms with Crippen LogP contribution in [0.1, 0.15) is 39.8 Å². The number of H-pyrrole nitrogens is 1. The molecule has 0 aromatic carbocycles. The van der Waals surface area contributed by atoms with Crippen LogP contribution in [0.25, 0.3) is 0 Å². The topological polar surface area (TPSA) is 65.2 Å². The molecule has 0 unspecified atom stereocenters. The number of aromatic nitrogens is 1. The molecule has 1 aromatic heterocycles. The summed E-state index contributed by atoms with van der Waals surface area (Å²) in [6.07, 6.45) is 2.51. The molecule has 0 amide bonds. The minimum Gasteiger partial charge on any atom is -0.363 e. The first kappa shape index (κ1) is 15.5. The molecule has 2 rings (SSSR count). The highest BCUT2D eigenvalue weighted by molar-refractivity contribution is 7.89. The average molecular weight is 299 g/mol. The maximum Gasteiger partial charge on any atom is 0.244 e. The van der Waals surface area contributed by atoms with Crippen molar-refractivity contribution in [2.45, 2.75) is 51.6 Å². The molecule has 0 saturated carbocycles. The zero-order chi connectivity index (χ0) is 15.0. The van der Waals surface area contributed by atoms with Gasteiger partial charge in [-0.05, 0) is 17.9 Å². The molecule has 0 spiro atoms. The fourth-order valence-electron chi connectivity index (χ4n) is 2.40. The fraction of sp³-hybridized carbons (Fsp3) is 0.714. The van der Waals surface area contributed by atoms with Gasteiger partial charge in [0.05, 0.1) is 4.90 Å². The monoisotopic (exact) mass is 299 g/mol. The van der Waals surface area contributed by atoms with Gasteiger partial charge in [0, 0.05) is 37.6 Å². The van der Waals surface area contributed by atoms with E-state index in [1.807, 2.05) is 0 Å². The Morgan fingerprint density at radius 2 is 2.15 bits per heavy atom. The van der Waals surface area contributed by atoms with Gasteiger partial charge in [-0.1, -0.05) is 27.7 Å². The number of rotatable bonds is 5. The van der Waals surface area contributed by atoms with Gasteiger partial charge in [-0.25, -0.2) is 8.42 Å². The molecular weight excluding hydrogens is 274 g/mol. The standard InChI is InChI=1S/C14H25N3O2S/c1-11(2)15-8-12-7-13(9-16-12)20(18,19)17-6-5-14(3,4)10-17/h7,9,11,15-16H,5-6,8,10H2,1-4H3. The predicted octanol–water partition coefficient (Wildman–Crippen LogP) is 1.93. The highest BCUT2D eigenvalue weighted by Gasteiger charge is 2.37. The number of hydrogen-bond donors (Lipinski definition) is 2. The van der Waals surface area contributed by atoms with E-state index in [9.17, 15) is 8.42 Å². The third-order valence-electron chi connectivity index (χ3n) is 3.70. The zero-order valence-corrected chi connectivity index (χ0v) is 13.5. The van der Waals surface area contributed by atoms with Crippen molar-refractivity contribution in [1.29, 1.82) is 0 Å². The van der Waals surface area contributed by atoms with Crippen LogP contribution in [-0.2, 0) is 16.6 Å². The number of nitrogens with zero attached hydrogens (tertiary/aromatic N) is 1. The first-order chi connectivity index (χ1) is 9.21. The molecule has 1 aliphatic rings. The van der Waals surface area contributed by atoms with Crippen LogP contribution < -0.4 is 5.32 Å². The quantitative estimate of drug-likeness (QED) is 0.873. The van der Waals surface area contributed by atoms with Gasteiger partial charge in [-0.15, -0.1) is 0 Å². The van der Waals surface area contributed by atoms with Gasteiger partial charge in [-0.3, -0.25) is 0 Å². The van der Waals surface area contributed by atoms with Gasteiger partial charge in [0.15, 0.2) is 0 Å². The zero-order valence-electron chi connectivity index (χ0n) is 12.7. The first-order valence-electron chi connectivity index (χ1n) is 7.11. The second-order valence-electron chi connectivity index (χ2n) is 6.65. The van der Waals surface area contributed by atoms with Gasteiger partial charge in [-0.2, -0.15) is 4.31 Å². The van der Waals surface area contributed by atoms with Crippen molar-refractivity contribution in [2.75, 3.05) is 13.1 Å². The lowest BCUT2D eigenvalue weighted by Gasteiger charge is -2.19. The average Bonchev–Trinajstić information content (AvgIpc) is 2.93. The smallest absolute Gasteiger partial charge is 0.244 e. The molecule has 114 valence electrons. The summed E-state index contributed by atoms with van der Waals surface area (Å²) in [7, 11) is -3.35. The van der Waals surface area contributed by atoms with E-state index in [-0.39, 0.29) is 5.41 Å². The van der Waals surface area contributed by atoms with Gasteiger partial charge in [0.1, 0.15) is 0 Å². The molecule has 2 heterocycles. The molecule has 1 saturated heterocycles. The van der Waals surface area contributed by atoms with Gasteiger partial charge < -0.3 is 10.3 Å². The van der Waals surface area contributed by atoms with Crippen LogP contribution in [0.4, 0.5) is 0 Å². The van der Waals surface area contributed by atoms with E-state index in [0.29, 0.717) is 30.6 Å². The highest BCUT2D eigenvalue weighted by atomic mass is 32.2. The molecule has 0 atom stereocenters. The number of aromatic amines is 1. The summed E-state index contributed by atoms with van der Waals surface area (Å²) in [5, 5.41) is 3.27. The molecule has 0 bridgehead atoms. The van der Waals surface area contributed by atoms with Crippen molar-refractivity contribution in [2.24, 2.45) is 5.41 Å². The van der Waals surface area contributed by atoms with Crippen LogP contribution in [0, 0.1) is 5.41 Å². The Balaban J connectivity index is 2.11. The van der Waals surface area contributed by atoms with Crippen molar-refractivity contribution in [3.63, 3.8) is 0 Å².